The van der Waals surface area contributed by atoms with Crippen LogP contribution in [0.4, 0.5) is 4.39 Å². The monoisotopic (exact) mass is 327 g/mol. The Bertz CT molecular complexity index is 687. The third-order valence-corrected chi connectivity index (χ3v) is 3.74. The first-order valence-corrected chi connectivity index (χ1v) is 7.15. The number of nitrogens with zero attached hydrogens (tertiary/aromatic N) is 2. The molecule has 0 atom stereocenters. The first-order valence-electron chi connectivity index (χ1n) is 6.36. The van der Waals surface area contributed by atoms with Gasteiger partial charge < -0.3 is 10.5 Å². The summed E-state index contributed by atoms with van der Waals surface area (Å²) in [6.45, 7) is 2.18. The number of benzene rings is 1. The van der Waals surface area contributed by atoms with E-state index in [1.165, 1.54) is 12.1 Å². The van der Waals surface area contributed by atoms with E-state index in [1.54, 1.807) is 17.8 Å². The lowest BCUT2D eigenvalue weighted by Gasteiger charge is -2.08. The minimum atomic E-state index is -0.509. The number of halogens is 2. The van der Waals surface area contributed by atoms with Gasteiger partial charge in [-0.3, -0.25) is 4.68 Å². The van der Waals surface area contributed by atoms with Gasteiger partial charge in [0.05, 0.1) is 16.4 Å². The second kappa shape index (κ2) is 6.41. The van der Waals surface area contributed by atoms with Crippen molar-refractivity contribution in [3.8, 4) is 5.75 Å². The van der Waals surface area contributed by atoms with Crippen LogP contribution in [0.25, 0.3) is 0 Å². The van der Waals surface area contributed by atoms with Gasteiger partial charge in [-0.25, -0.2) is 4.39 Å². The van der Waals surface area contributed by atoms with Gasteiger partial charge in [0.1, 0.15) is 23.2 Å². The van der Waals surface area contributed by atoms with E-state index in [0.717, 1.165) is 17.8 Å². The predicted molar refractivity (Wildman–Crippen MR) is 84.2 cm³/mol. The van der Waals surface area contributed by atoms with Crippen LogP contribution < -0.4 is 10.5 Å². The van der Waals surface area contributed by atoms with E-state index < -0.39 is 5.82 Å². The molecule has 2 rings (SSSR count). The second-order valence-electron chi connectivity index (χ2n) is 4.48. The largest absolute Gasteiger partial charge is 0.487 e. The summed E-state index contributed by atoms with van der Waals surface area (Å²) in [7, 11) is 1.79. The van der Waals surface area contributed by atoms with Gasteiger partial charge in [0.15, 0.2) is 0 Å². The van der Waals surface area contributed by atoms with Gasteiger partial charge in [0.25, 0.3) is 0 Å². The van der Waals surface area contributed by atoms with Gasteiger partial charge in [0, 0.05) is 18.7 Å². The molecule has 7 heteroatoms. The average molecular weight is 328 g/mol. The number of rotatable bonds is 5. The van der Waals surface area contributed by atoms with Crippen LogP contribution >= 0.6 is 23.8 Å². The number of aromatic nitrogens is 2. The standard InChI is InChI=1S/C14H15ClFN3OS/c1-3-11-13(15)12(19(2)18-11)7-20-8-4-5-9(14(17)21)10(16)6-8/h4-6H,3,7H2,1-2H3,(H2,17,21). The summed E-state index contributed by atoms with van der Waals surface area (Å²) in [5, 5.41) is 4.88. The van der Waals surface area contributed by atoms with Gasteiger partial charge in [-0.15, -0.1) is 0 Å². The second-order valence-corrected chi connectivity index (χ2v) is 5.30. The molecule has 0 aliphatic heterocycles. The quantitative estimate of drug-likeness (QED) is 0.858. The van der Waals surface area contributed by atoms with Crippen LogP contribution in [-0.2, 0) is 20.1 Å². The van der Waals surface area contributed by atoms with Gasteiger partial charge in [-0.05, 0) is 18.6 Å². The highest BCUT2D eigenvalue weighted by molar-refractivity contribution is 7.80. The lowest BCUT2D eigenvalue weighted by molar-refractivity contribution is 0.293. The number of nitrogens with two attached hydrogens (primary N) is 1. The van der Waals surface area contributed by atoms with Crippen LogP contribution in [0.15, 0.2) is 18.2 Å². The van der Waals surface area contributed by atoms with Gasteiger partial charge in [-0.2, -0.15) is 5.10 Å². The molecule has 21 heavy (non-hydrogen) atoms. The van der Waals surface area contributed by atoms with Crippen LogP contribution in [0.1, 0.15) is 23.9 Å². The molecule has 0 saturated heterocycles. The van der Waals surface area contributed by atoms with Gasteiger partial charge in [0.2, 0.25) is 0 Å². The average Bonchev–Trinajstić information content (AvgIpc) is 2.71. The fourth-order valence-electron chi connectivity index (χ4n) is 1.91. The third kappa shape index (κ3) is 3.33. The normalized spacial score (nSPS) is 10.7. The minimum absolute atomic E-state index is 0.0151. The number of ether oxygens (including phenoxy) is 1. The molecule has 112 valence electrons. The number of aryl methyl sites for hydroxylation is 2. The number of hydrogen-bond donors (Lipinski definition) is 1. The number of thiocarbonyl (C=S) groups is 1. The Morgan fingerprint density at radius 3 is 2.76 bits per heavy atom. The van der Waals surface area contributed by atoms with E-state index in [2.05, 4.69) is 5.10 Å². The molecule has 0 spiro atoms. The van der Waals surface area contributed by atoms with E-state index in [9.17, 15) is 4.39 Å². The summed E-state index contributed by atoms with van der Waals surface area (Å²) >= 11 is 11.0. The fraction of sp³-hybridized carbons (Fsp3) is 0.286. The summed E-state index contributed by atoms with van der Waals surface area (Å²) in [4.78, 5) is 0.0151. The van der Waals surface area contributed by atoms with E-state index in [1.807, 2.05) is 6.92 Å². The van der Waals surface area contributed by atoms with Gasteiger partial charge in [-0.1, -0.05) is 30.7 Å². The van der Waals surface area contributed by atoms with Crippen molar-refractivity contribution >= 4 is 28.8 Å². The maximum absolute atomic E-state index is 13.8. The fourth-order valence-corrected chi connectivity index (χ4v) is 2.43. The highest BCUT2D eigenvalue weighted by Crippen LogP contribution is 2.23. The molecule has 0 radical (unpaired) electrons. The zero-order chi connectivity index (χ0) is 15.6. The van der Waals surface area contributed by atoms with Crippen molar-refractivity contribution in [2.75, 3.05) is 0 Å². The Kier molecular flexibility index (Phi) is 4.80. The van der Waals surface area contributed by atoms with E-state index in [0.29, 0.717) is 10.8 Å². The first kappa shape index (κ1) is 15.7. The SMILES string of the molecule is CCc1nn(C)c(COc2ccc(C(N)=S)c(F)c2)c1Cl. The van der Waals surface area contributed by atoms with E-state index in [-0.39, 0.29) is 17.2 Å². The molecule has 4 nitrogen and oxygen atoms in total. The molecule has 0 amide bonds. The molecule has 1 aromatic carbocycles. The van der Waals surface area contributed by atoms with Crippen molar-refractivity contribution < 1.29 is 9.13 Å². The van der Waals surface area contributed by atoms with Crippen molar-refractivity contribution in [3.63, 3.8) is 0 Å². The molecule has 0 saturated carbocycles. The maximum atomic E-state index is 13.8. The molecule has 2 aromatic rings. The molecular weight excluding hydrogens is 313 g/mol. The zero-order valence-corrected chi connectivity index (χ0v) is 13.3. The van der Waals surface area contributed by atoms with Crippen LogP contribution in [0, 0.1) is 5.82 Å². The van der Waals surface area contributed by atoms with E-state index in [4.69, 9.17) is 34.3 Å². The molecule has 0 unspecified atom stereocenters. The molecule has 1 heterocycles. The minimum Gasteiger partial charge on any atom is -0.487 e. The van der Waals surface area contributed by atoms with Crippen molar-refractivity contribution in [3.05, 3.63) is 46.0 Å². The Balaban J connectivity index is 2.15. The van der Waals surface area contributed by atoms with Crippen LogP contribution in [0.5, 0.6) is 5.75 Å². The van der Waals surface area contributed by atoms with Crippen LogP contribution in [0.3, 0.4) is 0 Å². The summed E-state index contributed by atoms with van der Waals surface area (Å²) in [6, 6.07) is 4.36. The zero-order valence-electron chi connectivity index (χ0n) is 11.7. The molecular formula is C14H15ClFN3OS. The lowest BCUT2D eigenvalue weighted by Crippen LogP contribution is -2.11. The van der Waals surface area contributed by atoms with Gasteiger partial charge >= 0.3 is 0 Å². The summed E-state index contributed by atoms with van der Waals surface area (Å²) in [5.41, 5.74) is 7.16. The topological polar surface area (TPSA) is 53.1 Å². The predicted octanol–water partition coefficient (Wildman–Crippen LogP) is 2.99. The highest BCUT2D eigenvalue weighted by Gasteiger charge is 2.14. The third-order valence-electron chi connectivity index (χ3n) is 3.08. The van der Waals surface area contributed by atoms with Crippen molar-refractivity contribution in [1.82, 2.24) is 9.78 Å². The smallest absolute Gasteiger partial charge is 0.137 e. The Morgan fingerprint density at radius 1 is 1.52 bits per heavy atom. The summed E-state index contributed by atoms with van der Waals surface area (Å²) in [6.07, 6.45) is 0.740. The van der Waals surface area contributed by atoms with Crippen molar-refractivity contribution in [2.45, 2.75) is 20.0 Å². The molecule has 0 fully saturated rings. The first-order chi connectivity index (χ1) is 9.93. The maximum Gasteiger partial charge on any atom is 0.137 e. The van der Waals surface area contributed by atoms with Crippen molar-refractivity contribution in [1.29, 1.82) is 0 Å². The highest BCUT2D eigenvalue weighted by atomic mass is 35.5. The Labute approximate surface area is 132 Å². The molecule has 0 aliphatic rings. The summed E-state index contributed by atoms with van der Waals surface area (Å²) in [5.74, 6) is -0.131. The Hall–Kier alpha value is -1.66. The molecule has 0 bridgehead atoms. The molecule has 0 aliphatic carbocycles. The van der Waals surface area contributed by atoms with Crippen molar-refractivity contribution in [2.24, 2.45) is 12.8 Å². The lowest BCUT2D eigenvalue weighted by atomic mass is 10.2. The molecule has 2 N–H and O–H groups in total. The van der Waals surface area contributed by atoms with Crippen LogP contribution in [-0.4, -0.2) is 14.8 Å². The van der Waals surface area contributed by atoms with Crippen LogP contribution in [0.2, 0.25) is 5.02 Å². The van der Waals surface area contributed by atoms with E-state index >= 15 is 0 Å². The molecule has 1 aromatic heterocycles. The number of hydrogen-bond acceptors (Lipinski definition) is 3. The summed E-state index contributed by atoms with van der Waals surface area (Å²) < 4.78 is 21.0. The Morgan fingerprint density at radius 2 is 2.24 bits per heavy atom.